The molecule has 0 radical (unpaired) electrons. The summed E-state index contributed by atoms with van der Waals surface area (Å²) in [6.07, 6.45) is 1.81. The first-order valence-electron chi connectivity index (χ1n) is 5.17. The third-order valence-electron chi connectivity index (χ3n) is 2.24. The first kappa shape index (κ1) is 13.4. The van der Waals surface area contributed by atoms with Crippen LogP contribution in [0.15, 0.2) is 18.3 Å². The number of carbonyl (C=O) groups is 2. The Balaban J connectivity index is 2.64. The van der Waals surface area contributed by atoms with E-state index >= 15 is 0 Å². The Kier molecular flexibility index (Phi) is 4.90. The Bertz CT molecular complexity index is 406. The Morgan fingerprint density at radius 2 is 2.24 bits per heavy atom. The van der Waals surface area contributed by atoms with Crippen molar-refractivity contribution in [3.05, 3.63) is 29.0 Å². The molecule has 0 saturated heterocycles. The zero-order valence-corrected chi connectivity index (χ0v) is 10.1. The van der Waals surface area contributed by atoms with Crippen molar-refractivity contribution >= 4 is 23.5 Å². The van der Waals surface area contributed by atoms with E-state index in [1.165, 1.54) is 18.3 Å². The van der Waals surface area contributed by atoms with Crippen LogP contribution in [0.3, 0.4) is 0 Å². The van der Waals surface area contributed by atoms with E-state index in [-0.39, 0.29) is 18.4 Å². The van der Waals surface area contributed by atoms with Gasteiger partial charge < -0.3 is 10.4 Å². The van der Waals surface area contributed by atoms with Crippen LogP contribution in [0, 0.1) is 0 Å². The van der Waals surface area contributed by atoms with E-state index in [2.05, 4.69) is 10.3 Å². The number of carbonyl (C=O) groups excluding carboxylic acids is 1. The Morgan fingerprint density at radius 3 is 2.71 bits per heavy atom. The smallest absolute Gasteiger partial charge is 0.305 e. The number of hydrogen-bond acceptors (Lipinski definition) is 3. The summed E-state index contributed by atoms with van der Waals surface area (Å²) in [5.41, 5.74) is 0.359. The molecule has 1 heterocycles. The summed E-state index contributed by atoms with van der Waals surface area (Å²) in [5.74, 6) is -1.28. The number of hydrogen-bond donors (Lipinski definition) is 2. The van der Waals surface area contributed by atoms with Crippen molar-refractivity contribution in [2.45, 2.75) is 25.8 Å². The highest BCUT2D eigenvalue weighted by molar-refractivity contribution is 6.29. The molecule has 0 aliphatic carbocycles. The fourth-order valence-electron chi connectivity index (χ4n) is 1.29. The molecule has 0 bridgehead atoms. The maximum atomic E-state index is 11.7. The van der Waals surface area contributed by atoms with Gasteiger partial charge in [-0.2, -0.15) is 0 Å². The molecule has 0 fully saturated rings. The average Bonchev–Trinajstić information content (AvgIpc) is 2.28. The standard InChI is InChI=1S/C11H13ClN2O3/c1-2-8(5-10(15)16)14-11(17)7-3-4-9(12)13-6-7/h3-4,6,8H,2,5H2,1H3,(H,14,17)(H,15,16). The van der Waals surface area contributed by atoms with Gasteiger partial charge in [-0.05, 0) is 18.6 Å². The Hall–Kier alpha value is -1.62. The lowest BCUT2D eigenvalue weighted by atomic mass is 10.1. The van der Waals surface area contributed by atoms with Gasteiger partial charge in [0.25, 0.3) is 5.91 Å². The molecule has 0 aliphatic rings. The van der Waals surface area contributed by atoms with E-state index in [4.69, 9.17) is 16.7 Å². The molecule has 6 heteroatoms. The molecule has 5 nitrogen and oxygen atoms in total. The number of carboxylic acid groups (broad SMARTS) is 1. The van der Waals surface area contributed by atoms with E-state index in [1.807, 2.05) is 6.92 Å². The van der Waals surface area contributed by atoms with E-state index in [1.54, 1.807) is 0 Å². The highest BCUT2D eigenvalue weighted by atomic mass is 35.5. The second kappa shape index (κ2) is 6.20. The molecule has 1 aromatic heterocycles. The number of halogens is 1. The summed E-state index contributed by atoms with van der Waals surface area (Å²) in [5, 5.41) is 11.6. The number of pyridine rings is 1. The molecular formula is C11H13ClN2O3. The van der Waals surface area contributed by atoms with Crippen molar-refractivity contribution in [3.63, 3.8) is 0 Å². The summed E-state index contributed by atoms with van der Waals surface area (Å²) >= 11 is 5.60. The van der Waals surface area contributed by atoms with Crippen molar-refractivity contribution in [1.29, 1.82) is 0 Å². The first-order chi connectivity index (χ1) is 8.02. The largest absolute Gasteiger partial charge is 0.481 e. The highest BCUT2D eigenvalue weighted by Crippen LogP contribution is 2.06. The van der Waals surface area contributed by atoms with Crippen LogP contribution in [0.2, 0.25) is 5.15 Å². The minimum atomic E-state index is -0.939. The highest BCUT2D eigenvalue weighted by Gasteiger charge is 2.15. The van der Waals surface area contributed by atoms with Crippen LogP contribution in [0.1, 0.15) is 30.1 Å². The summed E-state index contributed by atoms with van der Waals surface area (Å²) in [4.78, 5) is 26.1. The molecule has 0 saturated carbocycles. The minimum absolute atomic E-state index is 0.0940. The van der Waals surface area contributed by atoms with Gasteiger partial charge >= 0.3 is 5.97 Å². The van der Waals surface area contributed by atoms with E-state index < -0.39 is 5.97 Å². The molecular weight excluding hydrogens is 244 g/mol. The van der Waals surface area contributed by atoms with Gasteiger partial charge in [0.1, 0.15) is 5.15 Å². The lowest BCUT2D eigenvalue weighted by Crippen LogP contribution is -2.36. The first-order valence-corrected chi connectivity index (χ1v) is 5.55. The third kappa shape index (κ3) is 4.40. The lowest BCUT2D eigenvalue weighted by Gasteiger charge is -2.14. The number of amides is 1. The predicted octanol–water partition coefficient (Wildman–Crippen LogP) is 1.72. The topological polar surface area (TPSA) is 79.3 Å². The van der Waals surface area contributed by atoms with Crippen LogP contribution in [0.25, 0.3) is 0 Å². The third-order valence-corrected chi connectivity index (χ3v) is 2.46. The molecule has 2 N–H and O–H groups in total. The van der Waals surface area contributed by atoms with E-state index in [9.17, 15) is 9.59 Å². The molecule has 0 aliphatic heterocycles. The van der Waals surface area contributed by atoms with Crippen molar-refractivity contribution < 1.29 is 14.7 Å². The molecule has 92 valence electrons. The maximum absolute atomic E-state index is 11.7. The quantitative estimate of drug-likeness (QED) is 0.786. The van der Waals surface area contributed by atoms with Crippen LogP contribution < -0.4 is 5.32 Å². The normalized spacial score (nSPS) is 11.9. The monoisotopic (exact) mass is 256 g/mol. The fraction of sp³-hybridized carbons (Fsp3) is 0.364. The van der Waals surface area contributed by atoms with Crippen molar-refractivity contribution in [2.75, 3.05) is 0 Å². The fourth-order valence-corrected chi connectivity index (χ4v) is 1.40. The van der Waals surface area contributed by atoms with Gasteiger partial charge in [0, 0.05) is 12.2 Å². The van der Waals surface area contributed by atoms with Gasteiger partial charge in [0.15, 0.2) is 0 Å². The molecule has 1 atom stereocenters. The van der Waals surface area contributed by atoms with Crippen LogP contribution >= 0.6 is 11.6 Å². The zero-order chi connectivity index (χ0) is 12.8. The summed E-state index contributed by atoms with van der Waals surface area (Å²) < 4.78 is 0. The molecule has 1 aromatic rings. The van der Waals surface area contributed by atoms with Crippen molar-refractivity contribution in [3.8, 4) is 0 Å². The number of nitrogens with one attached hydrogen (secondary N) is 1. The molecule has 0 spiro atoms. The molecule has 1 amide bonds. The number of aliphatic carboxylic acids is 1. The van der Waals surface area contributed by atoms with E-state index in [0.717, 1.165) is 0 Å². The van der Waals surface area contributed by atoms with Crippen LogP contribution in [0.5, 0.6) is 0 Å². The minimum Gasteiger partial charge on any atom is -0.481 e. The van der Waals surface area contributed by atoms with E-state index in [0.29, 0.717) is 17.1 Å². The number of carboxylic acids is 1. The lowest BCUT2D eigenvalue weighted by molar-refractivity contribution is -0.137. The number of rotatable bonds is 5. The summed E-state index contributed by atoms with van der Waals surface area (Å²) in [6.45, 7) is 1.81. The molecule has 0 aromatic carbocycles. The van der Waals surface area contributed by atoms with Crippen LogP contribution in [-0.4, -0.2) is 28.0 Å². The SMILES string of the molecule is CCC(CC(=O)O)NC(=O)c1ccc(Cl)nc1. The van der Waals surface area contributed by atoms with Crippen LogP contribution in [0.4, 0.5) is 0 Å². The van der Waals surface area contributed by atoms with Gasteiger partial charge in [0.05, 0.1) is 12.0 Å². The summed E-state index contributed by atoms with van der Waals surface area (Å²) in [7, 11) is 0. The predicted molar refractivity (Wildman–Crippen MR) is 63.0 cm³/mol. The summed E-state index contributed by atoms with van der Waals surface area (Å²) in [6, 6.07) is 2.67. The van der Waals surface area contributed by atoms with Crippen LogP contribution in [-0.2, 0) is 4.79 Å². The maximum Gasteiger partial charge on any atom is 0.305 e. The van der Waals surface area contributed by atoms with Gasteiger partial charge in [-0.3, -0.25) is 9.59 Å². The van der Waals surface area contributed by atoms with Gasteiger partial charge in [0.2, 0.25) is 0 Å². The zero-order valence-electron chi connectivity index (χ0n) is 9.31. The Morgan fingerprint density at radius 1 is 1.53 bits per heavy atom. The second-order valence-corrected chi connectivity index (χ2v) is 3.93. The van der Waals surface area contributed by atoms with Crippen molar-refractivity contribution in [2.24, 2.45) is 0 Å². The Labute approximate surface area is 104 Å². The number of nitrogens with zero attached hydrogens (tertiary/aromatic N) is 1. The molecule has 17 heavy (non-hydrogen) atoms. The van der Waals surface area contributed by atoms with Crippen molar-refractivity contribution in [1.82, 2.24) is 10.3 Å². The average molecular weight is 257 g/mol. The second-order valence-electron chi connectivity index (χ2n) is 3.55. The molecule has 1 rings (SSSR count). The molecule has 1 unspecified atom stereocenters. The van der Waals surface area contributed by atoms with Gasteiger partial charge in [-0.15, -0.1) is 0 Å². The number of aromatic nitrogens is 1. The van der Waals surface area contributed by atoms with Gasteiger partial charge in [-0.1, -0.05) is 18.5 Å². The van der Waals surface area contributed by atoms with Gasteiger partial charge in [-0.25, -0.2) is 4.98 Å².